The molecule has 1 aliphatic rings. The summed E-state index contributed by atoms with van der Waals surface area (Å²) in [5.74, 6) is 0.202. The monoisotopic (exact) mass is 277 g/mol. The Bertz CT molecular complexity index is 213. The fourth-order valence-electron chi connectivity index (χ4n) is 1.47. The van der Waals surface area contributed by atoms with E-state index in [-0.39, 0.29) is 17.2 Å². The minimum absolute atomic E-state index is 0.0601. The van der Waals surface area contributed by atoms with Crippen LogP contribution in [0.2, 0.25) is 0 Å². The summed E-state index contributed by atoms with van der Waals surface area (Å²) in [5.41, 5.74) is 0.116. The van der Waals surface area contributed by atoms with Gasteiger partial charge in [-0.1, -0.05) is 29.8 Å². The van der Waals surface area contributed by atoms with Gasteiger partial charge in [0.1, 0.15) is 0 Å². The first kappa shape index (κ1) is 13.0. The quantitative estimate of drug-likeness (QED) is 0.798. The molecule has 0 aliphatic carbocycles. The number of nitrogens with one attached hydrogen (secondary N) is 1. The number of hydrogen-bond donors (Lipinski definition) is 1. The molecule has 88 valence electrons. The van der Waals surface area contributed by atoms with Gasteiger partial charge in [-0.15, -0.1) is 0 Å². The molecule has 4 heteroatoms. The van der Waals surface area contributed by atoms with Crippen LogP contribution in [0.15, 0.2) is 0 Å². The first-order valence-corrected chi connectivity index (χ1v) is 6.59. The maximum absolute atomic E-state index is 11.8. The molecule has 0 radical (unpaired) electrons. The molecule has 0 saturated carbocycles. The van der Waals surface area contributed by atoms with Crippen molar-refractivity contribution in [2.45, 2.75) is 26.7 Å². The van der Waals surface area contributed by atoms with E-state index >= 15 is 0 Å². The highest BCUT2D eigenvalue weighted by atomic mass is 79.9. The van der Waals surface area contributed by atoms with Gasteiger partial charge in [0.05, 0.1) is 12.5 Å². The van der Waals surface area contributed by atoms with Gasteiger partial charge in [-0.3, -0.25) is 4.79 Å². The van der Waals surface area contributed by atoms with Crippen LogP contribution in [0.3, 0.4) is 0 Å². The summed E-state index contributed by atoms with van der Waals surface area (Å²) in [6.07, 6.45) is 1.96. The molecule has 0 aromatic heterocycles. The Labute approximate surface area is 100 Å². The van der Waals surface area contributed by atoms with Gasteiger partial charge in [0.25, 0.3) is 0 Å². The fraction of sp³-hybridized carbons (Fsp3) is 0.909. The number of halogens is 1. The number of carbonyl (C=O) groups is 1. The Kier molecular flexibility index (Phi) is 5.06. The number of alkyl halides is 1. The molecule has 1 heterocycles. The second-order valence-corrected chi connectivity index (χ2v) is 5.49. The van der Waals surface area contributed by atoms with Crippen molar-refractivity contribution < 1.29 is 9.53 Å². The van der Waals surface area contributed by atoms with E-state index in [0.29, 0.717) is 13.2 Å². The predicted octanol–water partition coefficient (Wildman–Crippen LogP) is 1.95. The lowest BCUT2D eigenvalue weighted by molar-refractivity contribution is -0.129. The minimum atomic E-state index is 0.0601. The summed E-state index contributed by atoms with van der Waals surface area (Å²) in [4.78, 5) is 11.8. The lowest BCUT2D eigenvalue weighted by atomic mass is 9.95. The zero-order valence-corrected chi connectivity index (χ0v) is 11.1. The smallest absolute Gasteiger partial charge is 0.225 e. The molecule has 15 heavy (non-hydrogen) atoms. The van der Waals surface area contributed by atoms with Crippen LogP contribution in [0, 0.1) is 11.3 Å². The summed E-state index contributed by atoms with van der Waals surface area (Å²) in [7, 11) is 0. The Morgan fingerprint density at radius 1 is 1.60 bits per heavy atom. The number of rotatable bonds is 4. The second kappa shape index (κ2) is 5.85. The van der Waals surface area contributed by atoms with Crippen molar-refractivity contribution in [2.75, 3.05) is 25.1 Å². The van der Waals surface area contributed by atoms with Gasteiger partial charge in [0.15, 0.2) is 0 Å². The summed E-state index contributed by atoms with van der Waals surface area (Å²) >= 11 is 3.44. The second-order valence-electron chi connectivity index (χ2n) is 4.93. The zero-order valence-electron chi connectivity index (χ0n) is 9.51. The van der Waals surface area contributed by atoms with Crippen LogP contribution in [0.4, 0.5) is 0 Å². The number of carbonyl (C=O) groups excluding carboxylic acids is 1. The molecule has 1 fully saturated rings. The highest BCUT2D eigenvalue weighted by Gasteiger charge is 2.24. The summed E-state index contributed by atoms with van der Waals surface area (Å²) in [6, 6.07) is 0. The highest BCUT2D eigenvalue weighted by molar-refractivity contribution is 9.09. The van der Waals surface area contributed by atoms with Crippen molar-refractivity contribution in [3.05, 3.63) is 0 Å². The predicted molar refractivity (Wildman–Crippen MR) is 64.1 cm³/mol. The van der Waals surface area contributed by atoms with E-state index in [1.807, 2.05) is 0 Å². The highest BCUT2D eigenvalue weighted by Crippen LogP contribution is 2.18. The summed E-state index contributed by atoms with van der Waals surface area (Å²) < 4.78 is 5.29. The van der Waals surface area contributed by atoms with Gasteiger partial charge in [-0.05, 0) is 18.3 Å². The van der Waals surface area contributed by atoms with Crippen molar-refractivity contribution >= 4 is 21.8 Å². The molecule has 1 aliphatic heterocycles. The van der Waals surface area contributed by atoms with Crippen LogP contribution in [-0.4, -0.2) is 31.0 Å². The van der Waals surface area contributed by atoms with Crippen LogP contribution in [0.25, 0.3) is 0 Å². The molecular formula is C11H20BrNO2. The van der Waals surface area contributed by atoms with E-state index in [1.165, 1.54) is 0 Å². The maximum Gasteiger partial charge on any atom is 0.225 e. The molecule has 0 aromatic carbocycles. The molecule has 0 bridgehead atoms. The van der Waals surface area contributed by atoms with Crippen molar-refractivity contribution in [3.63, 3.8) is 0 Å². The maximum atomic E-state index is 11.8. The summed E-state index contributed by atoms with van der Waals surface area (Å²) in [5, 5.41) is 3.88. The van der Waals surface area contributed by atoms with Crippen LogP contribution >= 0.6 is 15.9 Å². The number of amides is 1. The standard InChI is InChI=1S/C11H20BrNO2/c1-11(2,7-12)8-13-10(14)9-4-3-5-15-6-9/h9H,3-8H2,1-2H3,(H,13,14). The van der Waals surface area contributed by atoms with Gasteiger partial charge in [0.2, 0.25) is 5.91 Å². The normalized spacial score (nSPS) is 22.5. The van der Waals surface area contributed by atoms with E-state index in [2.05, 4.69) is 35.1 Å². The van der Waals surface area contributed by atoms with Crippen molar-refractivity contribution in [3.8, 4) is 0 Å². The largest absolute Gasteiger partial charge is 0.381 e. The average Bonchev–Trinajstić information content (AvgIpc) is 2.27. The molecule has 1 N–H and O–H groups in total. The van der Waals surface area contributed by atoms with Crippen LogP contribution < -0.4 is 5.32 Å². The third-order valence-electron chi connectivity index (χ3n) is 2.63. The van der Waals surface area contributed by atoms with Crippen LogP contribution in [-0.2, 0) is 9.53 Å². The number of hydrogen-bond acceptors (Lipinski definition) is 2. The number of ether oxygens (including phenoxy) is 1. The first-order chi connectivity index (χ1) is 7.05. The Morgan fingerprint density at radius 2 is 2.33 bits per heavy atom. The molecule has 1 rings (SSSR count). The lowest BCUT2D eigenvalue weighted by Crippen LogP contribution is -2.40. The van der Waals surface area contributed by atoms with Crippen molar-refractivity contribution in [1.82, 2.24) is 5.32 Å². The van der Waals surface area contributed by atoms with E-state index in [9.17, 15) is 4.79 Å². The van der Waals surface area contributed by atoms with Crippen molar-refractivity contribution in [2.24, 2.45) is 11.3 Å². The van der Waals surface area contributed by atoms with Gasteiger partial charge >= 0.3 is 0 Å². The fourth-order valence-corrected chi connectivity index (χ4v) is 1.66. The Hall–Kier alpha value is -0.0900. The molecule has 1 unspecified atom stereocenters. The lowest BCUT2D eigenvalue weighted by Gasteiger charge is -2.25. The Morgan fingerprint density at radius 3 is 2.87 bits per heavy atom. The van der Waals surface area contributed by atoms with E-state index < -0.39 is 0 Å². The molecule has 3 nitrogen and oxygen atoms in total. The van der Waals surface area contributed by atoms with Gasteiger partial charge in [-0.25, -0.2) is 0 Å². The van der Waals surface area contributed by atoms with Gasteiger partial charge in [-0.2, -0.15) is 0 Å². The third kappa shape index (κ3) is 4.51. The molecule has 1 saturated heterocycles. The molecule has 1 atom stereocenters. The average molecular weight is 278 g/mol. The van der Waals surface area contributed by atoms with E-state index in [1.54, 1.807) is 0 Å². The summed E-state index contributed by atoms with van der Waals surface area (Å²) in [6.45, 7) is 6.35. The molecular weight excluding hydrogens is 258 g/mol. The van der Waals surface area contributed by atoms with Crippen LogP contribution in [0.1, 0.15) is 26.7 Å². The van der Waals surface area contributed by atoms with E-state index in [4.69, 9.17) is 4.74 Å². The zero-order chi connectivity index (χ0) is 11.3. The van der Waals surface area contributed by atoms with Crippen LogP contribution in [0.5, 0.6) is 0 Å². The minimum Gasteiger partial charge on any atom is -0.381 e. The Balaban J connectivity index is 2.28. The first-order valence-electron chi connectivity index (χ1n) is 5.46. The van der Waals surface area contributed by atoms with Gasteiger partial charge in [0, 0.05) is 18.5 Å². The third-order valence-corrected chi connectivity index (χ3v) is 4.15. The van der Waals surface area contributed by atoms with Gasteiger partial charge < -0.3 is 10.1 Å². The molecule has 0 aromatic rings. The van der Waals surface area contributed by atoms with E-state index in [0.717, 1.165) is 24.8 Å². The SMILES string of the molecule is CC(C)(CBr)CNC(=O)C1CCCOC1. The topological polar surface area (TPSA) is 38.3 Å². The molecule has 0 spiro atoms. The van der Waals surface area contributed by atoms with Crippen molar-refractivity contribution in [1.29, 1.82) is 0 Å². The molecule has 1 amide bonds.